The second-order valence-electron chi connectivity index (χ2n) is 8.32. The molecule has 0 radical (unpaired) electrons. The summed E-state index contributed by atoms with van der Waals surface area (Å²) in [6.07, 6.45) is 0. The van der Waals surface area contributed by atoms with Crippen LogP contribution in [0.15, 0.2) is 42.5 Å². The molecule has 0 aromatic heterocycles. The first kappa shape index (κ1) is 21.2. The number of benzene rings is 2. The summed E-state index contributed by atoms with van der Waals surface area (Å²) in [7, 11) is 6.10. The Balaban J connectivity index is 1.49. The van der Waals surface area contributed by atoms with E-state index in [0.717, 1.165) is 32.7 Å². The van der Waals surface area contributed by atoms with E-state index in [4.69, 9.17) is 0 Å². The van der Waals surface area contributed by atoms with Gasteiger partial charge in [0.1, 0.15) is 0 Å². The van der Waals surface area contributed by atoms with E-state index in [-0.39, 0.29) is 5.91 Å². The van der Waals surface area contributed by atoms with Crippen molar-refractivity contribution >= 4 is 17.3 Å². The third-order valence-electron chi connectivity index (χ3n) is 5.86. The summed E-state index contributed by atoms with van der Waals surface area (Å²) in [5.41, 5.74) is 6.38. The highest BCUT2D eigenvalue weighted by molar-refractivity contribution is 5.78. The van der Waals surface area contributed by atoms with Gasteiger partial charge in [-0.1, -0.05) is 24.3 Å². The van der Waals surface area contributed by atoms with Crippen molar-refractivity contribution in [1.82, 2.24) is 9.80 Å². The van der Waals surface area contributed by atoms with Crippen LogP contribution in [-0.4, -0.2) is 69.6 Å². The lowest BCUT2D eigenvalue weighted by Crippen LogP contribution is -2.51. The Labute approximate surface area is 175 Å². The van der Waals surface area contributed by atoms with Gasteiger partial charge >= 0.3 is 0 Å². The predicted molar refractivity (Wildman–Crippen MR) is 122 cm³/mol. The smallest absolute Gasteiger partial charge is 0.236 e. The fourth-order valence-electron chi connectivity index (χ4n) is 3.87. The molecule has 0 spiro atoms. The first-order chi connectivity index (χ1) is 13.8. The van der Waals surface area contributed by atoms with Crippen LogP contribution in [0, 0.1) is 13.8 Å². The molecule has 1 fully saturated rings. The van der Waals surface area contributed by atoms with Gasteiger partial charge in [0.2, 0.25) is 5.91 Å². The molecule has 0 saturated carbocycles. The molecule has 1 aliphatic rings. The first-order valence-electron chi connectivity index (χ1n) is 10.4. The number of amides is 1. The largest absolute Gasteiger partial charge is 0.378 e. The molecule has 2 aromatic carbocycles. The van der Waals surface area contributed by atoms with Gasteiger partial charge in [-0.2, -0.15) is 0 Å². The van der Waals surface area contributed by atoms with Gasteiger partial charge in [0.25, 0.3) is 0 Å². The minimum Gasteiger partial charge on any atom is -0.378 e. The van der Waals surface area contributed by atoms with Crippen LogP contribution < -0.4 is 9.80 Å². The third-order valence-corrected chi connectivity index (χ3v) is 5.86. The molecular formula is C24H34N4O. The third kappa shape index (κ3) is 5.30. The van der Waals surface area contributed by atoms with E-state index in [1.807, 2.05) is 26.0 Å². The van der Waals surface area contributed by atoms with Gasteiger partial charge in [0.15, 0.2) is 0 Å². The van der Waals surface area contributed by atoms with Crippen LogP contribution in [0.5, 0.6) is 0 Å². The van der Waals surface area contributed by atoms with Crippen LogP contribution in [0.25, 0.3) is 0 Å². The SMILES string of the molecule is Cc1cccc(N2CCN(C(=O)CN(C)Cc3ccc(N(C)C)cc3)CC2)c1C. The van der Waals surface area contributed by atoms with E-state index < -0.39 is 0 Å². The summed E-state index contributed by atoms with van der Waals surface area (Å²) in [4.78, 5) is 21.4. The maximum Gasteiger partial charge on any atom is 0.236 e. The minimum absolute atomic E-state index is 0.220. The molecule has 0 aliphatic carbocycles. The molecular weight excluding hydrogens is 360 g/mol. The lowest BCUT2D eigenvalue weighted by molar-refractivity contribution is -0.132. The molecule has 29 heavy (non-hydrogen) atoms. The molecule has 5 nitrogen and oxygen atoms in total. The number of hydrogen-bond donors (Lipinski definition) is 0. The van der Waals surface area contributed by atoms with Crippen LogP contribution in [0.1, 0.15) is 16.7 Å². The van der Waals surface area contributed by atoms with Gasteiger partial charge in [-0.15, -0.1) is 0 Å². The van der Waals surface area contributed by atoms with Crippen molar-refractivity contribution in [3.63, 3.8) is 0 Å². The van der Waals surface area contributed by atoms with Gasteiger partial charge < -0.3 is 14.7 Å². The van der Waals surface area contributed by atoms with Gasteiger partial charge in [-0.3, -0.25) is 9.69 Å². The van der Waals surface area contributed by atoms with E-state index in [1.54, 1.807) is 0 Å². The van der Waals surface area contributed by atoms with Gasteiger partial charge in [-0.05, 0) is 55.8 Å². The summed E-state index contributed by atoms with van der Waals surface area (Å²) >= 11 is 0. The molecule has 1 aliphatic heterocycles. The molecule has 0 bridgehead atoms. The van der Waals surface area contributed by atoms with E-state index in [2.05, 4.69) is 71.0 Å². The lowest BCUT2D eigenvalue weighted by Gasteiger charge is -2.37. The van der Waals surface area contributed by atoms with Gasteiger partial charge in [0.05, 0.1) is 6.54 Å². The highest BCUT2D eigenvalue weighted by atomic mass is 16.2. The van der Waals surface area contributed by atoms with E-state index >= 15 is 0 Å². The highest BCUT2D eigenvalue weighted by Crippen LogP contribution is 2.24. The predicted octanol–water partition coefficient (Wildman–Crippen LogP) is 3.15. The fraction of sp³-hybridized carbons (Fsp3) is 0.458. The summed E-state index contributed by atoms with van der Waals surface area (Å²) in [5, 5.41) is 0. The molecule has 1 amide bonds. The Hall–Kier alpha value is -2.53. The normalized spacial score (nSPS) is 14.4. The van der Waals surface area contributed by atoms with Crippen molar-refractivity contribution in [2.75, 3.05) is 63.7 Å². The summed E-state index contributed by atoms with van der Waals surface area (Å²) in [6, 6.07) is 15.0. The number of carbonyl (C=O) groups excluding carboxylic acids is 1. The van der Waals surface area contributed by atoms with Crippen LogP contribution in [0.2, 0.25) is 0 Å². The Morgan fingerprint density at radius 3 is 2.21 bits per heavy atom. The Bertz CT molecular complexity index is 823. The number of carbonyl (C=O) groups is 1. The number of nitrogens with zero attached hydrogens (tertiary/aromatic N) is 4. The highest BCUT2D eigenvalue weighted by Gasteiger charge is 2.23. The molecule has 1 heterocycles. The summed E-state index contributed by atoms with van der Waals surface area (Å²) in [6.45, 7) is 8.94. The molecule has 0 atom stereocenters. The topological polar surface area (TPSA) is 30.0 Å². The Morgan fingerprint density at radius 1 is 0.931 bits per heavy atom. The van der Waals surface area contributed by atoms with Crippen LogP contribution in [0.4, 0.5) is 11.4 Å². The number of anilines is 2. The lowest BCUT2D eigenvalue weighted by atomic mass is 10.1. The van der Waals surface area contributed by atoms with Crippen molar-refractivity contribution in [3.05, 3.63) is 59.2 Å². The zero-order valence-corrected chi connectivity index (χ0v) is 18.5. The number of aryl methyl sites for hydroxylation is 1. The average molecular weight is 395 g/mol. The van der Waals surface area contributed by atoms with Gasteiger partial charge in [0, 0.05) is 58.2 Å². The molecule has 156 valence electrons. The maximum absolute atomic E-state index is 12.8. The summed E-state index contributed by atoms with van der Waals surface area (Å²) < 4.78 is 0. The molecule has 2 aromatic rings. The Morgan fingerprint density at radius 2 is 1.59 bits per heavy atom. The van der Waals surface area contributed by atoms with E-state index in [0.29, 0.717) is 6.54 Å². The van der Waals surface area contributed by atoms with Crippen LogP contribution in [0.3, 0.4) is 0 Å². The Kier molecular flexibility index (Phi) is 6.80. The molecule has 0 N–H and O–H groups in total. The quantitative estimate of drug-likeness (QED) is 0.753. The van der Waals surface area contributed by atoms with Gasteiger partial charge in [-0.25, -0.2) is 0 Å². The summed E-state index contributed by atoms with van der Waals surface area (Å²) in [5.74, 6) is 0.220. The number of piperazine rings is 1. The number of rotatable bonds is 6. The molecule has 1 saturated heterocycles. The standard InChI is InChI=1S/C24H34N4O/c1-19-7-6-8-23(20(19)2)27-13-15-28(16-14-27)24(29)18-26(5)17-21-9-11-22(12-10-21)25(3)4/h6-12H,13-18H2,1-5H3. The molecule has 0 unspecified atom stereocenters. The zero-order chi connectivity index (χ0) is 21.0. The maximum atomic E-state index is 12.8. The molecule has 3 rings (SSSR count). The second-order valence-corrected chi connectivity index (χ2v) is 8.32. The van der Waals surface area contributed by atoms with Crippen molar-refractivity contribution in [1.29, 1.82) is 0 Å². The minimum atomic E-state index is 0.220. The zero-order valence-electron chi connectivity index (χ0n) is 18.5. The van der Waals surface area contributed by atoms with Crippen molar-refractivity contribution in [2.24, 2.45) is 0 Å². The van der Waals surface area contributed by atoms with Crippen LogP contribution >= 0.6 is 0 Å². The number of likely N-dealkylation sites (N-methyl/N-ethyl adjacent to an activating group) is 1. The van der Waals surface area contributed by atoms with E-state index in [1.165, 1.54) is 28.1 Å². The molecule has 5 heteroatoms. The monoisotopic (exact) mass is 394 g/mol. The second kappa shape index (κ2) is 9.31. The fourth-order valence-corrected chi connectivity index (χ4v) is 3.87. The average Bonchev–Trinajstić information content (AvgIpc) is 2.70. The van der Waals surface area contributed by atoms with Crippen LogP contribution in [-0.2, 0) is 11.3 Å². The van der Waals surface area contributed by atoms with Crippen molar-refractivity contribution in [2.45, 2.75) is 20.4 Å². The van der Waals surface area contributed by atoms with Crippen molar-refractivity contribution < 1.29 is 4.79 Å². The van der Waals surface area contributed by atoms with Crippen molar-refractivity contribution in [3.8, 4) is 0 Å². The van der Waals surface area contributed by atoms with E-state index in [9.17, 15) is 4.79 Å². The number of hydrogen-bond acceptors (Lipinski definition) is 4. The first-order valence-corrected chi connectivity index (χ1v) is 10.4.